The van der Waals surface area contributed by atoms with Crippen LogP contribution >= 0.6 is 0 Å². The van der Waals surface area contributed by atoms with E-state index in [1.807, 2.05) is 50.2 Å². The molecule has 1 atom stereocenters. The van der Waals surface area contributed by atoms with Crippen molar-refractivity contribution in [2.24, 2.45) is 5.73 Å². The number of rotatable bonds is 9. The number of amides is 1. The number of hydrogen-bond donors (Lipinski definition) is 2. The molecule has 25 heavy (non-hydrogen) atoms. The third kappa shape index (κ3) is 5.50. The van der Waals surface area contributed by atoms with Crippen LogP contribution in [0.25, 0.3) is 0 Å². The van der Waals surface area contributed by atoms with E-state index >= 15 is 0 Å². The zero-order valence-corrected chi connectivity index (χ0v) is 14.8. The summed E-state index contributed by atoms with van der Waals surface area (Å²) in [6, 6.07) is 13.9. The predicted molar refractivity (Wildman–Crippen MR) is 100 cm³/mol. The third-order valence-corrected chi connectivity index (χ3v) is 3.58. The second-order valence-corrected chi connectivity index (χ2v) is 5.74. The lowest BCUT2D eigenvalue weighted by Crippen LogP contribution is -2.27. The summed E-state index contributed by atoms with van der Waals surface area (Å²) in [5, 5.41) is 2.84. The van der Waals surface area contributed by atoms with Crippen LogP contribution in [-0.4, -0.2) is 19.1 Å². The van der Waals surface area contributed by atoms with Gasteiger partial charge in [-0.2, -0.15) is 0 Å². The first-order chi connectivity index (χ1) is 12.2. The van der Waals surface area contributed by atoms with Gasteiger partial charge in [0.15, 0.2) is 11.5 Å². The second-order valence-electron chi connectivity index (χ2n) is 5.74. The van der Waals surface area contributed by atoms with Gasteiger partial charge in [-0.25, -0.2) is 0 Å². The van der Waals surface area contributed by atoms with Gasteiger partial charge in [-0.05, 0) is 30.5 Å². The molecule has 0 heterocycles. The molecule has 1 unspecified atom stereocenters. The van der Waals surface area contributed by atoms with Crippen LogP contribution in [0.4, 0.5) is 5.69 Å². The van der Waals surface area contributed by atoms with Gasteiger partial charge >= 0.3 is 0 Å². The van der Waals surface area contributed by atoms with Gasteiger partial charge in [0.25, 0.3) is 0 Å². The molecule has 0 aliphatic carbocycles. The van der Waals surface area contributed by atoms with E-state index in [2.05, 4.69) is 5.32 Å². The van der Waals surface area contributed by atoms with Crippen molar-refractivity contribution >= 4 is 11.6 Å². The van der Waals surface area contributed by atoms with E-state index in [0.717, 1.165) is 18.4 Å². The highest BCUT2D eigenvalue weighted by Gasteiger charge is 2.16. The number of benzene rings is 2. The van der Waals surface area contributed by atoms with Crippen LogP contribution in [0.3, 0.4) is 0 Å². The molecule has 1 amide bonds. The summed E-state index contributed by atoms with van der Waals surface area (Å²) in [5.41, 5.74) is 7.43. The molecule has 2 rings (SSSR count). The molecule has 134 valence electrons. The van der Waals surface area contributed by atoms with Gasteiger partial charge < -0.3 is 20.5 Å². The van der Waals surface area contributed by atoms with Crippen molar-refractivity contribution in [2.45, 2.75) is 32.7 Å². The van der Waals surface area contributed by atoms with E-state index in [1.54, 1.807) is 12.1 Å². The average Bonchev–Trinajstić information content (AvgIpc) is 2.65. The van der Waals surface area contributed by atoms with Gasteiger partial charge in [-0.15, -0.1) is 0 Å². The number of nitrogens with one attached hydrogen (secondary N) is 1. The molecule has 0 aliphatic heterocycles. The van der Waals surface area contributed by atoms with Crippen LogP contribution in [0.2, 0.25) is 0 Å². The van der Waals surface area contributed by atoms with Crippen LogP contribution in [0.15, 0.2) is 48.5 Å². The maximum atomic E-state index is 12.4. The Kier molecular flexibility index (Phi) is 7.29. The first kappa shape index (κ1) is 18.8. The van der Waals surface area contributed by atoms with Gasteiger partial charge in [-0.1, -0.05) is 44.2 Å². The Morgan fingerprint density at radius 3 is 2.28 bits per heavy atom. The molecule has 0 aliphatic rings. The predicted octanol–water partition coefficient (Wildman–Crippen LogP) is 3.90. The Hall–Kier alpha value is -2.53. The van der Waals surface area contributed by atoms with Crippen molar-refractivity contribution in [3.63, 3.8) is 0 Å². The zero-order chi connectivity index (χ0) is 18.1. The summed E-state index contributed by atoms with van der Waals surface area (Å²) in [4.78, 5) is 12.4. The molecular formula is C20H26N2O3. The van der Waals surface area contributed by atoms with E-state index in [0.29, 0.717) is 30.4 Å². The molecule has 5 nitrogen and oxygen atoms in total. The Labute approximate surface area is 149 Å². The quantitative estimate of drug-likeness (QED) is 0.725. The summed E-state index contributed by atoms with van der Waals surface area (Å²) in [7, 11) is 0. The molecule has 0 spiro atoms. The van der Waals surface area contributed by atoms with E-state index in [-0.39, 0.29) is 5.91 Å². The lowest BCUT2D eigenvalue weighted by atomic mass is 10.1. The SMILES string of the molecule is CCCOc1ccc(NC(=O)C(N)c2ccccc2)cc1OCCC. The normalized spacial score (nSPS) is 11.6. The minimum Gasteiger partial charge on any atom is -0.490 e. The summed E-state index contributed by atoms with van der Waals surface area (Å²) in [6.07, 6.45) is 1.81. The highest BCUT2D eigenvalue weighted by molar-refractivity contribution is 5.95. The molecule has 0 aromatic heterocycles. The monoisotopic (exact) mass is 342 g/mol. The molecular weight excluding hydrogens is 316 g/mol. The fraction of sp³-hybridized carbons (Fsp3) is 0.350. The highest BCUT2D eigenvalue weighted by Crippen LogP contribution is 2.31. The average molecular weight is 342 g/mol. The lowest BCUT2D eigenvalue weighted by molar-refractivity contribution is -0.117. The number of anilines is 1. The number of hydrogen-bond acceptors (Lipinski definition) is 4. The minimum absolute atomic E-state index is 0.269. The molecule has 0 radical (unpaired) electrons. The van der Waals surface area contributed by atoms with Crippen molar-refractivity contribution in [1.82, 2.24) is 0 Å². The largest absolute Gasteiger partial charge is 0.490 e. The fourth-order valence-corrected chi connectivity index (χ4v) is 2.27. The van der Waals surface area contributed by atoms with Gasteiger partial charge in [0.1, 0.15) is 6.04 Å². The number of carbonyl (C=O) groups is 1. The maximum absolute atomic E-state index is 12.4. The molecule has 5 heteroatoms. The van der Waals surface area contributed by atoms with Crippen molar-refractivity contribution in [3.8, 4) is 11.5 Å². The topological polar surface area (TPSA) is 73.6 Å². The minimum atomic E-state index is -0.725. The van der Waals surface area contributed by atoms with Crippen LogP contribution in [0.5, 0.6) is 11.5 Å². The first-order valence-corrected chi connectivity index (χ1v) is 8.66. The summed E-state index contributed by atoms with van der Waals surface area (Å²) in [5.74, 6) is 1.04. The first-order valence-electron chi connectivity index (χ1n) is 8.66. The molecule has 0 saturated carbocycles. The lowest BCUT2D eigenvalue weighted by Gasteiger charge is -2.16. The molecule has 2 aromatic carbocycles. The smallest absolute Gasteiger partial charge is 0.245 e. The summed E-state index contributed by atoms with van der Waals surface area (Å²) in [6.45, 7) is 5.29. The molecule has 0 bridgehead atoms. The van der Waals surface area contributed by atoms with Gasteiger partial charge in [0.05, 0.1) is 13.2 Å². The molecule has 0 saturated heterocycles. The van der Waals surface area contributed by atoms with Gasteiger partial charge in [-0.3, -0.25) is 4.79 Å². The fourth-order valence-electron chi connectivity index (χ4n) is 2.27. The molecule has 0 fully saturated rings. The zero-order valence-electron chi connectivity index (χ0n) is 14.8. The van der Waals surface area contributed by atoms with Gasteiger partial charge in [0.2, 0.25) is 5.91 Å². The number of carbonyl (C=O) groups excluding carboxylic acids is 1. The number of ether oxygens (including phenoxy) is 2. The Morgan fingerprint density at radius 2 is 1.64 bits per heavy atom. The van der Waals surface area contributed by atoms with Crippen LogP contribution in [-0.2, 0) is 4.79 Å². The standard InChI is InChI=1S/C20H26N2O3/c1-3-12-24-17-11-10-16(14-18(17)25-13-4-2)22-20(23)19(21)15-8-6-5-7-9-15/h5-11,14,19H,3-4,12-13,21H2,1-2H3,(H,22,23). The van der Waals surface area contributed by atoms with Crippen molar-refractivity contribution in [3.05, 3.63) is 54.1 Å². The third-order valence-electron chi connectivity index (χ3n) is 3.58. The number of nitrogens with two attached hydrogens (primary N) is 1. The van der Waals surface area contributed by atoms with Crippen LogP contribution in [0, 0.1) is 0 Å². The Morgan fingerprint density at radius 1 is 1.00 bits per heavy atom. The second kappa shape index (κ2) is 9.69. The van der Waals surface area contributed by atoms with Crippen molar-refractivity contribution in [1.29, 1.82) is 0 Å². The van der Waals surface area contributed by atoms with Crippen LogP contribution in [0.1, 0.15) is 38.3 Å². The maximum Gasteiger partial charge on any atom is 0.245 e. The van der Waals surface area contributed by atoms with Crippen LogP contribution < -0.4 is 20.5 Å². The Balaban J connectivity index is 2.11. The van der Waals surface area contributed by atoms with Crippen molar-refractivity contribution < 1.29 is 14.3 Å². The van der Waals surface area contributed by atoms with E-state index in [9.17, 15) is 4.79 Å². The van der Waals surface area contributed by atoms with E-state index in [4.69, 9.17) is 15.2 Å². The van der Waals surface area contributed by atoms with E-state index < -0.39 is 6.04 Å². The summed E-state index contributed by atoms with van der Waals surface area (Å²) < 4.78 is 11.4. The van der Waals surface area contributed by atoms with Crippen molar-refractivity contribution in [2.75, 3.05) is 18.5 Å². The molecule has 2 aromatic rings. The van der Waals surface area contributed by atoms with E-state index in [1.165, 1.54) is 0 Å². The Bertz CT molecular complexity index is 674. The highest BCUT2D eigenvalue weighted by atomic mass is 16.5. The summed E-state index contributed by atoms with van der Waals surface area (Å²) >= 11 is 0. The van der Waals surface area contributed by atoms with Gasteiger partial charge in [0, 0.05) is 11.8 Å². The molecule has 3 N–H and O–H groups in total.